The molecule has 82 valence electrons. The topological polar surface area (TPSA) is 96.9 Å². The summed E-state index contributed by atoms with van der Waals surface area (Å²) in [6.45, 7) is 5.44. The van der Waals surface area contributed by atoms with E-state index in [-0.39, 0.29) is 12.4 Å². The van der Waals surface area contributed by atoms with Gasteiger partial charge in [0.1, 0.15) is 5.54 Å². The van der Waals surface area contributed by atoms with Gasteiger partial charge in [0.2, 0.25) is 0 Å². The highest BCUT2D eigenvalue weighted by atomic mass is 16.5. The van der Waals surface area contributed by atoms with E-state index in [1.807, 2.05) is 6.92 Å². The number of oxime groups is 1. The zero-order chi connectivity index (χ0) is 11.2. The van der Waals surface area contributed by atoms with Gasteiger partial charge in [0.15, 0.2) is 5.84 Å². The minimum atomic E-state index is -0.874. The lowest BCUT2D eigenvalue weighted by molar-refractivity contribution is 0.144. The number of hydrogen-bond acceptors (Lipinski definition) is 4. The minimum absolute atomic E-state index is 0.0481. The van der Waals surface area contributed by atoms with Gasteiger partial charge in [-0.05, 0) is 20.3 Å². The molecule has 0 aromatic rings. The Kier molecular flexibility index (Phi) is 4.76. The lowest BCUT2D eigenvalue weighted by Gasteiger charge is -2.27. The summed E-state index contributed by atoms with van der Waals surface area (Å²) >= 11 is 0. The van der Waals surface area contributed by atoms with Crippen molar-refractivity contribution in [2.45, 2.75) is 32.7 Å². The molecule has 6 nitrogen and oxygen atoms in total. The summed E-state index contributed by atoms with van der Waals surface area (Å²) in [4.78, 5) is 11.1. The Labute approximate surface area is 83.1 Å². The average molecular weight is 203 g/mol. The van der Waals surface area contributed by atoms with Gasteiger partial charge in [-0.1, -0.05) is 12.1 Å². The normalized spacial score (nSPS) is 15.8. The molecule has 0 aliphatic carbocycles. The van der Waals surface area contributed by atoms with Crippen molar-refractivity contribution < 1.29 is 14.7 Å². The zero-order valence-corrected chi connectivity index (χ0v) is 8.70. The zero-order valence-electron chi connectivity index (χ0n) is 8.70. The van der Waals surface area contributed by atoms with E-state index in [9.17, 15) is 4.79 Å². The Morgan fingerprint density at radius 1 is 1.64 bits per heavy atom. The maximum atomic E-state index is 11.1. The first kappa shape index (κ1) is 12.5. The summed E-state index contributed by atoms with van der Waals surface area (Å²) in [5, 5.41) is 13.9. The molecule has 0 saturated heterocycles. The molecule has 0 aliphatic heterocycles. The molecular weight excluding hydrogens is 186 g/mol. The van der Waals surface area contributed by atoms with Gasteiger partial charge in [-0.2, -0.15) is 0 Å². The molecule has 1 amide bonds. The van der Waals surface area contributed by atoms with Crippen LogP contribution in [0.4, 0.5) is 4.79 Å². The summed E-state index contributed by atoms with van der Waals surface area (Å²) in [6, 6.07) is 0. The summed E-state index contributed by atoms with van der Waals surface area (Å²) in [7, 11) is 0. The van der Waals surface area contributed by atoms with Gasteiger partial charge in [-0.25, -0.2) is 4.79 Å². The molecule has 0 aromatic heterocycles. The Morgan fingerprint density at radius 2 is 2.21 bits per heavy atom. The van der Waals surface area contributed by atoms with Crippen molar-refractivity contribution in [1.29, 1.82) is 0 Å². The van der Waals surface area contributed by atoms with Gasteiger partial charge >= 0.3 is 6.09 Å². The molecule has 0 saturated carbocycles. The average Bonchev–Trinajstić information content (AvgIpc) is 2.16. The number of ether oxygens (including phenoxy) is 1. The molecular formula is C8H17N3O3. The molecule has 0 fully saturated rings. The first-order chi connectivity index (χ1) is 6.50. The molecule has 0 heterocycles. The molecule has 14 heavy (non-hydrogen) atoms. The molecule has 0 aromatic carbocycles. The fraction of sp³-hybridized carbons (Fsp3) is 0.750. The first-order valence-corrected chi connectivity index (χ1v) is 4.43. The Morgan fingerprint density at radius 3 is 2.57 bits per heavy atom. The van der Waals surface area contributed by atoms with E-state index < -0.39 is 11.6 Å². The van der Waals surface area contributed by atoms with Crippen LogP contribution in [-0.2, 0) is 4.74 Å². The maximum absolute atomic E-state index is 11.1. The van der Waals surface area contributed by atoms with Crippen LogP contribution >= 0.6 is 0 Å². The third-order valence-corrected chi connectivity index (χ3v) is 2.03. The van der Waals surface area contributed by atoms with E-state index in [0.29, 0.717) is 6.42 Å². The fourth-order valence-corrected chi connectivity index (χ4v) is 0.836. The number of nitrogens with one attached hydrogen (secondary N) is 1. The van der Waals surface area contributed by atoms with Crippen molar-refractivity contribution in [2.75, 3.05) is 6.61 Å². The van der Waals surface area contributed by atoms with Crippen LogP contribution in [0.15, 0.2) is 5.16 Å². The van der Waals surface area contributed by atoms with Gasteiger partial charge in [-0.3, -0.25) is 0 Å². The predicted octanol–water partition coefficient (Wildman–Crippen LogP) is 0.648. The molecule has 1 atom stereocenters. The van der Waals surface area contributed by atoms with E-state index >= 15 is 0 Å². The number of amides is 1. The van der Waals surface area contributed by atoms with E-state index in [2.05, 4.69) is 10.5 Å². The van der Waals surface area contributed by atoms with Crippen molar-refractivity contribution in [3.8, 4) is 0 Å². The molecule has 0 bridgehead atoms. The highest BCUT2D eigenvalue weighted by molar-refractivity contribution is 5.92. The summed E-state index contributed by atoms with van der Waals surface area (Å²) in [5.74, 6) is -0.0481. The van der Waals surface area contributed by atoms with Crippen LogP contribution in [0.2, 0.25) is 0 Å². The van der Waals surface area contributed by atoms with Crippen LogP contribution in [-0.4, -0.2) is 29.3 Å². The van der Waals surface area contributed by atoms with Gasteiger partial charge < -0.3 is 21.0 Å². The molecule has 0 rings (SSSR count). The van der Waals surface area contributed by atoms with Crippen LogP contribution in [0.5, 0.6) is 0 Å². The van der Waals surface area contributed by atoms with E-state index in [4.69, 9.17) is 15.7 Å². The fourth-order valence-electron chi connectivity index (χ4n) is 0.836. The van der Waals surface area contributed by atoms with Crippen LogP contribution in [0.1, 0.15) is 27.2 Å². The molecule has 0 radical (unpaired) electrons. The third-order valence-electron chi connectivity index (χ3n) is 2.03. The van der Waals surface area contributed by atoms with Gasteiger partial charge in [-0.15, -0.1) is 0 Å². The molecule has 0 spiro atoms. The largest absolute Gasteiger partial charge is 0.450 e. The maximum Gasteiger partial charge on any atom is 0.407 e. The molecule has 0 aliphatic rings. The number of carbonyl (C=O) groups is 1. The molecule has 4 N–H and O–H groups in total. The Balaban J connectivity index is 4.48. The Bertz CT molecular complexity index is 230. The van der Waals surface area contributed by atoms with E-state index in [1.54, 1.807) is 13.8 Å². The summed E-state index contributed by atoms with van der Waals surface area (Å²) in [5.41, 5.74) is 4.56. The number of nitrogens with zero attached hydrogens (tertiary/aromatic N) is 1. The number of amidine groups is 1. The van der Waals surface area contributed by atoms with Crippen molar-refractivity contribution in [1.82, 2.24) is 5.32 Å². The molecule has 6 heteroatoms. The predicted molar refractivity (Wildman–Crippen MR) is 52.3 cm³/mol. The summed E-state index contributed by atoms with van der Waals surface area (Å²) < 4.78 is 4.69. The van der Waals surface area contributed by atoms with Crippen LogP contribution < -0.4 is 11.1 Å². The lowest BCUT2D eigenvalue weighted by atomic mass is 9.98. The highest BCUT2D eigenvalue weighted by Gasteiger charge is 2.30. The minimum Gasteiger partial charge on any atom is -0.450 e. The van der Waals surface area contributed by atoms with Gasteiger partial charge in [0.05, 0.1) is 6.61 Å². The SMILES string of the molecule is CCOC(=O)NC(C)(CC)/C(N)=N/O. The van der Waals surface area contributed by atoms with E-state index in [0.717, 1.165) is 0 Å². The number of nitrogens with two attached hydrogens (primary N) is 1. The van der Waals surface area contributed by atoms with Crippen molar-refractivity contribution in [3.63, 3.8) is 0 Å². The lowest BCUT2D eigenvalue weighted by Crippen LogP contribution is -2.55. The van der Waals surface area contributed by atoms with Crippen LogP contribution in [0.3, 0.4) is 0 Å². The second-order valence-electron chi connectivity index (χ2n) is 3.02. The Hall–Kier alpha value is -1.46. The van der Waals surface area contributed by atoms with Gasteiger partial charge in [0, 0.05) is 0 Å². The first-order valence-electron chi connectivity index (χ1n) is 4.43. The van der Waals surface area contributed by atoms with E-state index in [1.165, 1.54) is 0 Å². The number of hydrogen-bond donors (Lipinski definition) is 3. The van der Waals surface area contributed by atoms with Crippen LogP contribution in [0.25, 0.3) is 0 Å². The highest BCUT2D eigenvalue weighted by Crippen LogP contribution is 2.09. The van der Waals surface area contributed by atoms with Crippen molar-refractivity contribution in [2.24, 2.45) is 10.9 Å². The van der Waals surface area contributed by atoms with Crippen LogP contribution in [0, 0.1) is 0 Å². The van der Waals surface area contributed by atoms with Crippen molar-refractivity contribution >= 4 is 11.9 Å². The monoisotopic (exact) mass is 203 g/mol. The second-order valence-corrected chi connectivity index (χ2v) is 3.02. The number of alkyl carbamates (subject to hydrolysis) is 1. The standard InChI is InChI=1S/C8H17N3O3/c1-4-8(3,6(9)11-13)10-7(12)14-5-2/h13H,4-5H2,1-3H3,(H2,9,11)(H,10,12). The summed E-state index contributed by atoms with van der Waals surface area (Å²) in [6.07, 6.45) is -0.0784. The molecule has 1 unspecified atom stereocenters. The van der Waals surface area contributed by atoms with Crippen molar-refractivity contribution in [3.05, 3.63) is 0 Å². The number of rotatable bonds is 4. The number of carbonyl (C=O) groups excluding carboxylic acids is 1. The smallest absolute Gasteiger partial charge is 0.407 e. The quantitative estimate of drug-likeness (QED) is 0.270. The second kappa shape index (κ2) is 5.31. The van der Waals surface area contributed by atoms with Gasteiger partial charge in [0.25, 0.3) is 0 Å². The third kappa shape index (κ3) is 3.12.